The lowest BCUT2D eigenvalue weighted by Crippen LogP contribution is -2.22. The largest absolute Gasteiger partial charge is 0.301 e. The topological polar surface area (TPSA) is 30.0 Å². The molecule has 0 amide bonds. The number of benzene rings is 1. The molecule has 1 aromatic heterocycles. The second-order valence-electron chi connectivity index (χ2n) is 5.26. The van der Waals surface area contributed by atoms with E-state index in [4.69, 9.17) is 0 Å². The number of aldehydes is 1. The van der Waals surface area contributed by atoms with Gasteiger partial charge in [0.2, 0.25) is 0 Å². The normalized spacial score (nSPS) is 17.1. The van der Waals surface area contributed by atoms with Gasteiger partial charge in [-0.2, -0.15) is 0 Å². The molecule has 0 spiro atoms. The zero-order chi connectivity index (χ0) is 14.0. The maximum Gasteiger partial charge on any atom is 0.145 e. The van der Waals surface area contributed by atoms with Crippen LogP contribution in [0.1, 0.15) is 35.1 Å². The second kappa shape index (κ2) is 5.49. The van der Waals surface area contributed by atoms with E-state index in [2.05, 4.69) is 39.1 Å². The number of nitrogens with zero attached hydrogens (tertiary/aromatic N) is 1. The maximum atomic E-state index is 11.7. The van der Waals surface area contributed by atoms with Crippen LogP contribution in [-0.4, -0.2) is 11.3 Å². The van der Waals surface area contributed by atoms with E-state index in [9.17, 15) is 4.79 Å². The van der Waals surface area contributed by atoms with Gasteiger partial charge in [-0.1, -0.05) is 40.2 Å². The molecule has 0 aliphatic heterocycles. The Morgan fingerprint density at radius 1 is 1.10 bits per heavy atom. The second-order valence-corrected chi connectivity index (χ2v) is 6.51. The van der Waals surface area contributed by atoms with Gasteiger partial charge >= 0.3 is 0 Å². The van der Waals surface area contributed by atoms with Crippen molar-refractivity contribution < 1.29 is 4.79 Å². The summed E-state index contributed by atoms with van der Waals surface area (Å²) in [5.74, 6) is 0. The van der Waals surface area contributed by atoms with Crippen LogP contribution in [0.15, 0.2) is 42.7 Å². The number of fused-ring (bicyclic) bond motifs is 1. The number of hydrogen-bond acceptors (Lipinski definition) is 2. The smallest absolute Gasteiger partial charge is 0.145 e. The molecule has 1 heterocycles. The van der Waals surface area contributed by atoms with E-state index in [-0.39, 0.29) is 0 Å². The Morgan fingerprint density at radius 3 is 2.60 bits per heavy atom. The Bertz CT molecular complexity index is 626. The predicted molar refractivity (Wildman–Crippen MR) is 83.1 cm³/mol. The van der Waals surface area contributed by atoms with Crippen LogP contribution in [0, 0.1) is 0 Å². The zero-order valence-corrected chi connectivity index (χ0v) is 12.8. The minimum atomic E-state index is -0.798. The van der Waals surface area contributed by atoms with Gasteiger partial charge < -0.3 is 4.79 Å². The van der Waals surface area contributed by atoms with Gasteiger partial charge in [0.25, 0.3) is 0 Å². The van der Waals surface area contributed by atoms with Crippen LogP contribution in [0.2, 0.25) is 0 Å². The molecule has 20 heavy (non-hydrogen) atoms. The van der Waals surface area contributed by atoms with E-state index < -0.39 is 4.32 Å². The fourth-order valence-electron chi connectivity index (χ4n) is 2.84. The van der Waals surface area contributed by atoms with Gasteiger partial charge in [-0.3, -0.25) is 4.98 Å². The molecule has 0 N–H and O–H groups in total. The molecule has 1 atom stereocenters. The predicted octanol–water partition coefficient (Wildman–Crippen LogP) is 3.80. The lowest BCUT2D eigenvalue weighted by atomic mass is 9.86. The lowest BCUT2D eigenvalue weighted by Gasteiger charge is -2.24. The van der Waals surface area contributed by atoms with Gasteiger partial charge in [0.05, 0.1) is 0 Å². The minimum Gasteiger partial charge on any atom is -0.301 e. The zero-order valence-electron chi connectivity index (χ0n) is 11.2. The molecule has 0 bridgehead atoms. The number of pyridine rings is 1. The van der Waals surface area contributed by atoms with E-state index in [0.29, 0.717) is 0 Å². The van der Waals surface area contributed by atoms with Gasteiger partial charge in [-0.05, 0) is 54.0 Å². The van der Waals surface area contributed by atoms with Crippen molar-refractivity contribution in [3.8, 4) is 0 Å². The minimum absolute atomic E-state index is 0.798. The fourth-order valence-corrected chi connectivity index (χ4v) is 3.32. The van der Waals surface area contributed by atoms with Gasteiger partial charge in [0.15, 0.2) is 0 Å². The summed E-state index contributed by atoms with van der Waals surface area (Å²) < 4.78 is -0.798. The first kappa shape index (κ1) is 13.5. The number of rotatable bonds is 3. The van der Waals surface area contributed by atoms with Crippen molar-refractivity contribution in [3.05, 3.63) is 65.0 Å². The average Bonchev–Trinajstić information content (AvgIpc) is 2.54. The van der Waals surface area contributed by atoms with E-state index >= 15 is 0 Å². The molecule has 0 radical (unpaired) electrons. The van der Waals surface area contributed by atoms with Gasteiger partial charge in [0.1, 0.15) is 10.6 Å². The maximum absolute atomic E-state index is 11.7. The number of carbonyl (C=O) groups excluding carboxylic acids is 1. The Hall–Kier alpha value is -1.48. The molecule has 1 aliphatic carbocycles. The van der Waals surface area contributed by atoms with Gasteiger partial charge in [-0.15, -0.1) is 0 Å². The molecule has 1 aliphatic rings. The summed E-state index contributed by atoms with van der Waals surface area (Å²) in [5.41, 5.74) is 4.65. The summed E-state index contributed by atoms with van der Waals surface area (Å²) >= 11 is 3.62. The Kier molecular flexibility index (Phi) is 3.70. The van der Waals surface area contributed by atoms with Crippen LogP contribution in [0.5, 0.6) is 0 Å². The molecular weight excluding hydrogens is 314 g/mol. The summed E-state index contributed by atoms with van der Waals surface area (Å²) in [6, 6.07) is 10.2. The summed E-state index contributed by atoms with van der Waals surface area (Å²) in [6.45, 7) is 0. The molecule has 0 saturated heterocycles. The highest BCUT2D eigenvalue weighted by Gasteiger charge is 2.31. The summed E-state index contributed by atoms with van der Waals surface area (Å²) in [5, 5.41) is 0. The van der Waals surface area contributed by atoms with Crippen molar-refractivity contribution in [1.29, 1.82) is 0 Å². The monoisotopic (exact) mass is 329 g/mol. The van der Waals surface area contributed by atoms with Crippen LogP contribution in [0.25, 0.3) is 0 Å². The quantitative estimate of drug-likeness (QED) is 0.633. The first-order valence-corrected chi connectivity index (χ1v) is 7.71. The number of carbonyl (C=O) groups is 1. The van der Waals surface area contributed by atoms with E-state index in [1.807, 2.05) is 12.1 Å². The molecule has 3 rings (SSSR count). The molecule has 1 aromatic carbocycles. The summed E-state index contributed by atoms with van der Waals surface area (Å²) in [6.07, 6.45) is 9.17. The first-order valence-electron chi connectivity index (χ1n) is 6.92. The standard InChI is InChI=1S/C17H16BrNO/c18-17(12-20,16-6-3-9-19-11-16)15-8-7-13-4-1-2-5-14(13)10-15/h3,6-12H,1-2,4-5H2. The summed E-state index contributed by atoms with van der Waals surface area (Å²) in [7, 11) is 0. The third-order valence-corrected chi connectivity index (χ3v) is 5.12. The number of hydrogen-bond donors (Lipinski definition) is 0. The highest BCUT2D eigenvalue weighted by molar-refractivity contribution is 9.10. The SMILES string of the molecule is O=CC(Br)(c1cccnc1)c1ccc2c(c1)CCCC2. The van der Waals surface area contributed by atoms with Crippen molar-refractivity contribution in [2.45, 2.75) is 30.0 Å². The van der Waals surface area contributed by atoms with Crippen LogP contribution in [0.4, 0.5) is 0 Å². The Morgan fingerprint density at radius 2 is 1.90 bits per heavy atom. The first-order chi connectivity index (χ1) is 9.74. The number of alkyl halides is 1. The molecule has 3 heteroatoms. The Balaban J connectivity index is 2.07. The van der Waals surface area contributed by atoms with Crippen molar-refractivity contribution in [2.75, 3.05) is 0 Å². The van der Waals surface area contributed by atoms with Gasteiger partial charge in [-0.25, -0.2) is 0 Å². The number of halogens is 1. The molecule has 2 aromatic rings. The van der Waals surface area contributed by atoms with Crippen molar-refractivity contribution >= 4 is 22.2 Å². The highest BCUT2D eigenvalue weighted by atomic mass is 79.9. The lowest BCUT2D eigenvalue weighted by molar-refractivity contribution is -0.109. The molecular formula is C17H16BrNO. The molecule has 0 fully saturated rings. The van der Waals surface area contributed by atoms with Crippen LogP contribution >= 0.6 is 15.9 Å². The van der Waals surface area contributed by atoms with Gasteiger partial charge in [0, 0.05) is 12.4 Å². The third kappa shape index (κ3) is 2.31. The number of aryl methyl sites for hydroxylation is 2. The van der Waals surface area contributed by atoms with Crippen LogP contribution in [0.3, 0.4) is 0 Å². The van der Waals surface area contributed by atoms with E-state index in [1.165, 1.54) is 24.0 Å². The van der Waals surface area contributed by atoms with E-state index in [1.54, 1.807) is 12.4 Å². The Labute approximate surface area is 127 Å². The van der Waals surface area contributed by atoms with Crippen molar-refractivity contribution in [2.24, 2.45) is 0 Å². The highest BCUT2D eigenvalue weighted by Crippen LogP contribution is 2.38. The molecule has 2 nitrogen and oxygen atoms in total. The van der Waals surface area contributed by atoms with Crippen LogP contribution in [-0.2, 0) is 22.0 Å². The van der Waals surface area contributed by atoms with Crippen molar-refractivity contribution in [3.63, 3.8) is 0 Å². The van der Waals surface area contributed by atoms with Crippen molar-refractivity contribution in [1.82, 2.24) is 4.98 Å². The molecule has 1 unspecified atom stereocenters. The van der Waals surface area contributed by atoms with E-state index in [0.717, 1.165) is 30.3 Å². The third-order valence-electron chi connectivity index (χ3n) is 4.01. The molecule has 102 valence electrons. The summed E-state index contributed by atoms with van der Waals surface area (Å²) in [4.78, 5) is 15.8. The van der Waals surface area contributed by atoms with Crippen LogP contribution < -0.4 is 0 Å². The average molecular weight is 330 g/mol. The molecule has 0 saturated carbocycles. The number of aromatic nitrogens is 1. The fraction of sp³-hybridized carbons (Fsp3) is 0.294.